The Labute approximate surface area is 117 Å². The number of nitrogens with two attached hydrogens (primary N) is 1. The standard InChI is InChI=1S/C16H18F2N2/c1-20(10-12-6-7-15(17)16(18)8-12)11-14-5-3-2-4-13(14)9-19/h2-8H,9-11,19H2,1H3. The van der Waals surface area contributed by atoms with Crippen molar-refractivity contribution in [2.45, 2.75) is 19.6 Å². The smallest absolute Gasteiger partial charge is 0.159 e. The molecule has 106 valence electrons. The second-order valence-corrected chi connectivity index (χ2v) is 4.89. The van der Waals surface area contributed by atoms with Crippen LogP contribution in [0.2, 0.25) is 0 Å². The lowest BCUT2D eigenvalue weighted by Gasteiger charge is -2.18. The van der Waals surface area contributed by atoms with Crippen molar-refractivity contribution in [2.75, 3.05) is 7.05 Å². The maximum Gasteiger partial charge on any atom is 0.159 e. The Morgan fingerprint density at radius 2 is 1.65 bits per heavy atom. The molecule has 0 saturated carbocycles. The molecule has 0 saturated heterocycles. The van der Waals surface area contributed by atoms with Gasteiger partial charge in [0.15, 0.2) is 11.6 Å². The van der Waals surface area contributed by atoms with E-state index in [4.69, 9.17) is 5.73 Å². The molecule has 0 aliphatic heterocycles. The summed E-state index contributed by atoms with van der Waals surface area (Å²) in [6.45, 7) is 1.76. The number of nitrogens with zero attached hydrogens (tertiary/aromatic N) is 1. The minimum atomic E-state index is -0.815. The van der Waals surface area contributed by atoms with Crippen molar-refractivity contribution in [3.05, 3.63) is 70.8 Å². The zero-order valence-electron chi connectivity index (χ0n) is 11.4. The third kappa shape index (κ3) is 3.62. The molecule has 2 aromatic rings. The summed E-state index contributed by atoms with van der Waals surface area (Å²) < 4.78 is 26.0. The molecule has 20 heavy (non-hydrogen) atoms. The van der Waals surface area contributed by atoms with Gasteiger partial charge in [0.05, 0.1) is 0 Å². The highest BCUT2D eigenvalue weighted by Gasteiger charge is 2.07. The van der Waals surface area contributed by atoms with Gasteiger partial charge in [-0.15, -0.1) is 0 Å². The molecular weight excluding hydrogens is 258 g/mol. The molecule has 0 heterocycles. The zero-order valence-corrected chi connectivity index (χ0v) is 11.4. The maximum absolute atomic E-state index is 13.2. The average molecular weight is 276 g/mol. The highest BCUT2D eigenvalue weighted by Crippen LogP contribution is 2.14. The number of rotatable bonds is 5. The third-order valence-electron chi connectivity index (χ3n) is 3.22. The summed E-state index contributed by atoms with van der Waals surface area (Å²) in [4.78, 5) is 2.04. The van der Waals surface area contributed by atoms with E-state index < -0.39 is 11.6 Å². The van der Waals surface area contributed by atoms with Gasteiger partial charge in [0.1, 0.15) is 0 Å². The van der Waals surface area contributed by atoms with Crippen molar-refractivity contribution in [1.82, 2.24) is 4.90 Å². The van der Waals surface area contributed by atoms with E-state index in [-0.39, 0.29) is 0 Å². The Morgan fingerprint density at radius 3 is 2.30 bits per heavy atom. The average Bonchev–Trinajstić information content (AvgIpc) is 2.43. The van der Waals surface area contributed by atoms with Gasteiger partial charge in [0.25, 0.3) is 0 Å². The molecule has 0 aliphatic rings. The van der Waals surface area contributed by atoms with Crippen molar-refractivity contribution < 1.29 is 8.78 Å². The van der Waals surface area contributed by atoms with Crippen LogP contribution in [0.15, 0.2) is 42.5 Å². The third-order valence-corrected chi connectivity index (χ3v) is 3.22. The lowest BCUT2D eigenvalue weighted by Crippen LogP contribution is -2.19. The van der Waals surface area contributed by atoms with Crippen molar-refractivity contribution in [2.24, 2.45) is 5.73 Å². The van der Waals surface area contributed by atoms with Gasteiger partial charge in [-0.3, -0.25) is 4.90 Å². The molecule has 4 heteroatoms. The predicted molar refractivity (Wildman–Crippen MR) is 75.9 cm³/mol. The number of hydrogen-bond acceptors (Lipinski definition) is 2. The van der Waals surface area contributed by atoms with Crippen molar-refractivity contribution in [1.29, 1.82) is 0 Å². The second-order valence-electron chi connectivity index (χ2n) is 4.89. The van der Waals surface area contributed by atoms with Crippen LogP contribution in [0.1, 0.15) is 16.7 Å². The normalized spacial score (nSPS) is 11.1. The van der Waals surface area contributed by atoms with Crippen LogP contribution in [-0.2, 0) is 19.6 Å². The first-order chi connectivity index (χ1) is 9.60. The van der Waals surface area contributed by atoms with Gasteiger partial charge in [-0.1, -0.05) is 30.3 Å². The maximum atomic E-state index is 13.2. The highest BCUT2D eigenvalue weighted by molar-refractivity contribution is 5.27. The van der Waals surface area contributed by atoms with Crippen LogP contribution in [0.4, 0.5) is 8.78 Å². The van der Waals surface area contributed by atoms with Crippen molar-refractivity contribution in [3.8, 4) is 0 Å². The fraction of sp³-hybridized carbons (Fsp3) is 0.250. The fourth-order valence-electron chi connectivity index (χ4n) is 2.21. The summed E-state index contributed by atoms with van der Waals surface area (Å²) in [5, 5.41) is 0. The van der Waals surface area contributed by atoms with Gasteiger partial charge in [-0.25, -0.2) is 8.78 Å². The summed E-state index contributed by atoms with van der Waals surface area (Å²) in [5.74, 6) is -1.62. The van der Waals surface area contributed by atoms with E-state index in [0.717, 1.165) is 22.8 Å². The molecule has 0 atom stereocenters. The molecule has 0 amide bonds. The zero-order chi connectivity index (χ0) is 14.5. The lowest BCUT2D eigenvalue weighted by molar-refractivity contribution is 0.317. The first-order valence-electron chi connectivity index (χ1n) is 6.49. The molecule has 0 spiro atoms. The Bertz CT molecular complexity index is 584. The monoisotopic (exact) mass is 276 g/mol. The molecule has 0 aromatic heterocycles. The molecule has 2 aromatic carbocycles. The first kappa shape index (κ1) is 14.6. The lowest BCUT2D eigenvalue weighted by atomic mass is 10.1. The molecule has 0 aliphatic carbocycles. The van der Waals surface area contributed by atoms with Gasteiger partial charge in [-0.2, -0.15) is 0 Å². The largest absolute Gasteiger partial charge is 0.326 e. The Balaban J connectivity index is 2.05. The number of hydrogen-bond donors (Lipinski definition) is 1. The molecule has 0 fully saturated rings. The fourth-order valence-corrected chi connectivity index (χ4v) is 2.21. The van der Waals surface area contributed by atoms with E-state index >= 15 is 0 Å². The predicted octanol–water partition coefficient (Wildman–Crippen LogP) is 3.06. The SMILES string of the molecule is CN(Cc1ccc(F)c(F)c1)Cc1ccccc1CN. The van der Waals surface area contributed by atoms with E-state index in [0.29, 0.717) is 19.6 Å². The van der Waals surface area contributed by atoms with Crippen LogP contribution < -0.4 is 5.73 Å². The first-order valence-corrected chi connectivity index (χ1v) is 6.49. The molecule has 2 nitrogen and oxygen atoms in total. The van der Waals surface area contributed by atoms with Crippen LogP contribution in [0.5, 0.6) is 0 Å². The van der Waals surface area contributed by atoms with E-state index in [1.165, 1.54) is 6.07 Å². The quantitative estimate of drug-likeness (QED) is 0.909. The summed E-state index contributed by atoms with van der Waals surface area (Å²) in [6.07, 6.45) is 0. The molecule has 0 unspecified atom stereocenters. The molecule has 2 N–H and O–H groups in total. The van der Waals surface area contributed by atoms with Crippen molar-refractivity contribution in [3.63, 3.8) is 0 Å². The topological polar surface area (TPSA) is 29.3 Å². The van der Waals surface area contributed by atoms with Crippen LogP contribution in [-0.4, -0.2) is 11.9 Å². The summed E-state index contributed by atoms with van der Waals surface area (Å²) in [6, 6.07) is 12.0. The van der Waals surface area contributed by atoms with Gasteiger partial charge in [-0.05, 0) is 35.9 Å². The molecule has 2 rings (SSSR count). The number of benzene rings is 2. The number of halogens is 2. The van der Waals surface area contributed by atoms with Crippen molar-refractivity contribution >= 4 is 0 Å². The Hall–Kier alpha value is -1.78. The van der Waals surface area contributed by atoms with E-state index in [9.17, 15) is 8.78 Å². The minimum absolute atomic E-state index is 0.495. The van der Waals surface area contributed by atoms with Crippen LogP contribution in [0.3, 0.4) is 0 Å². The van der Waals surface area contributed by atoms with E-state index in [1.807, 2.05) is 36.2 Å². The van der Waals surface area contributed by atoms with Crippen LogP contribution in [0, 0.1) is 11.6 Å². The van der Waals surface area contributed by atoms with Gasteiger partial charge >= 0.3 is 0 Å². The minimum Gasteiger partial charge on any atom is -0.326 e. The van der Waals surface area contributed by atoms with Gasteiger partial charge < -0.3 is 5.73 Å². The summed E-state index contributed by atoms with van der Waals surface area (Å²) in [7, 11) is 1.94. The Kier molecular flexibility index (Phi) is 4.82. The summed E-state index contributed by atoms with van der Waals surface area (Å²) >= 11 is 0. The van der Waals surface area contributed by atoms with Crippen LogP contribution >= 0.6 is 0 Å². The Morgan fingerprint density at radius 1 is 0.950 bits per heavy atom. The van der Waals surface area contributed by atoms with E-state index in [2.05, 4.69) is 0 Å². The van der Waals surface area contributed by atoms with Gasteiger partial charge in [0.2, 0.25) is 0 Å². The molecular formula is C16H18F2N2. The van der Waals surface area contributed by atoms with Crippen LogP contribution in [0.25, 0.3) is 0 Å². The van der Waals surface area contributed by atoms with Gasteiger partial charge in [0, 0.05) is 19.6 Å². The van der Waals surface area contributed by atoms with E-state index in [1.54, 1.807) is 6.07 Å². The molecule has 0 radical (unpaired) electrons. The second kappa shape index (κ2) is 6.59. The highest BCUT2D eigenvalue weighted by atomic mass is 19.2. The summed E-state index contributed by atoms with van der Waals surface area (Å²) in [5.41, 5.74) is 8.71. The molecule has 0 bridgehead atoms.